The molecule has 12 heteroatoms. The number of nitrogens with zero attached hydrogens (tertiary/aromatic N) is 4. The van der Waals surface area contributed by atoms with Gasteiger partial charge in [-0.3, -0.25) is 4.98 Å². The zero-order valence-corrected chi connectivity index (χ0v) is 25.4. The van der Waals surface area contributed by atoms with Gasteiger partial charge in [-0.15, -0.1) is 0 Å². The maximum absolute atomic E-state index is 13.1. The fourth-order valence-electron chi connectivity index (χ4n) is 5.65. The number of aromatic nitrogens is 1. The van der Waals surface area contributed by atoms with Crippen LogP contribution in [-0.2, 0) is 4.74 Å². The molecular formula is C32H39N7O5. The van der Waals surface area contributed by atoms with Crippen molar-refractivity contribution in [2.45, 2.75) is 32.4 Å². The smallest absolute Gasteiger partial charge is 0.341 e. The minimum absolute atomic E-state index is 0.0732. The molecule has 2 aromatic carbocycles. The van der Waals surface area contributed by atoms with E-state index in [0.29, 0.717) is 65.7 Å². The van der Waals surface area contributed by atoms with Crippen LogP contribution in [0.5, 0.6) is 11.5 Å². The van der Waals surface area contributed by atoms with Crippen molar-refractivity contribution in [3.63, 3.8) is 0 Å². The fraction of sp³-hybridized carbons (Fsp3) is 0.438. The number of fused-ring (bicyclic) bond motifs is 1. The van der Waals surface area contributed by atoms with E-state index in [1.807, 2.05) is 12.1 Å². The first-order chi connectivity index (χ1) is 21.4. The minimum Gasteiger partial charge on any atom is -0.493 e. The molecule has 3 N–H and O–H groups in total. The zero-order chi connectivity index (χ0) is 31.1. The number of urea groups is 1. The summed E-state index contributed by atoms with van der Waals surface area (Å²) in [6.45, 7) is 8.58. The number of nitrogens with one attached hydrogen (secondary N) is 3. The number of ether oxygens (including phenoxy) is 3. The van der Waals surface area contributed by atoms with Crippen molar-refractivity contribution >= 4 is 34.3 Å². The number of amides is 2. The highest BCUT2D eigenvalue weighted by molar-refractivity contribution is 6.06. The Kier molecular flexibility index (Phi) is 9.99. The van der Waals surface area contributed by atoms with Gasteiger partial charge in [0, 0.05) is 69.2 Å². The number of rotatable bonds is 9. The fourth-order valence-corrected chi connectivity index (χ4v) is 5.65. The second kappa shape index (κ2) is 14.2. The van der Waals surface area contributed by atoms with Crippen LogP contribution in [0.1, 0.15) is 36.2 Å². The summed E-state index contributed by atoms with van der Waals surface area (Å²) in [5, 5.41) is 19.6. The van der Waals surface area contributed by atoms with Crippen molar-refractivity contribution < 1.29 is 23.8 Å². The van der Waals surface area contributed by atoms with Gasteiger partial charge in [-0.05, 0) is 43.7 Å². The van der Waals surface area contributed by atoms with Gasteiger partial charge in [-0.2, -0.15) is 5.26 Å². The van der Waals surface area contributed by atoms with E-state index >= 15 is 0 Å². The van der Waals surface area contributed by atoms with E-state index < -0.39 is 5.97 Å². The molecule has 2 fully saturated rings. The summed E-state index contributed by atoms with van der Waals surface area (Å²) in [6.07, 6.45) is 2.29. The number of carbonyl (C=O) groups excluding carboxylic acids is 2. The number of hydrogen-bond donors (Lipinski definition) is 3. The van der Waals surface area contributed by atoms with Crippen LogP contribution in [0.25, 0.3) is 10.9 Å². The van der Waals surface area contributed by atoms with Gasteiger partial charge >= 0.3 is 12.0 Å². The average molecular weight is 602 g/mol. The topological polar surface area (TPSA) is 141 Å². The molecule has 0 aliphatic carbocycles. The Hall–Kier alpha value is -4.60. The molecule has 1 aromatic heterocycles. The van der Waals surface area contributed by atoms with Crippen molar-refractivity contribution in [1.29, 1.82) is 5.26 Å². The van der Waals surface area contributed by atoms with E-state index in [2.05, 4.69) is 38.8 Å². The maximum atomic E-state index is 13.1. The van der Waals surface area contributed by atoms with Crippen LogP contribution < -0.4 is 30.3 Å². The number of carbonyl (C=O) groups is 2. The van der Waals surface area contributed by atoms with Gasteiger partial charge in [0.2, 0.25) is 0 Å². The molecule has 12 nitrogen and oxygen atoms in total. The third-order valence-electron chi connectivity index (χ3n) is 7.97. The van der Waals surface area contributed by atoms with Crippen LogP contribution >= 0.6 is 0 Å². The highest BCUT2D eigenvalue weighted by Crippen LogP contribution is 2.39. The molecule has 2 unspecified atom stereocenters. The second-order valence-electron chi connectivity index (χ2n) is 10.7. The predicted octanol–water partition coefficient (Wildman–Crippen LogP) is 3.36. The summed E-state index contributed by atoms with van der Waals surface area (Å²) >= 11 is 0. The van der Waals surface area contributed by atoms with Gasteiger partial charge in [-0.1, -0.05) is 6.92 Å². The van der Waals surface area contributed by atoms with Gasteiger partial charge in [0.1, 0.15) is 11.7 Å². The molecule has 44 heavy (non-hydrogen) atoms. The number of benzene rings is 2. The Morgan fingerprint density at radius 3 is 2.52 bits per heavy atom. The maximum Gasteiger partial charge on any atom is 0.341 e. The lowest BCUT2D eigenvalue weighted by atomic mass is 10.0. The van der Waals surface area contributed by atoms with E-state index in [-0.39, 0.29) is 24.8 Å². The Morgan fingerprint density at radius 2 is 1.89 bits per heavy atom. The quantitative estimate of drug-likeness (QED) is 0.313. The second-order valence-corrected chi connectivity index (χ2v) is 10.7. The summed E-state index contributed by atoms with van der Waals surface area (Å²) in [5.74, 6) is 0.675. The summed E-state index contributed by atoms with van der Waals surface area (Å²) in [5.41, 5.74) is 2.85. The molecule has 2 amide bonds. The van der Waals surface area contributed by atoms with Gasteiger partial charge in [-0.25, -0.2) is 9.59 Å². The number of anilines is 2. The van der Waals surface area contributed by atoms with Crippen LogP contribution in [-0.4, -0.2) is 93.6 Å². The first-order valence-electron chi connectivity index (χ1n) is 15.0. The molecular weight excluding hydrogens is 562 g/mol. The molecule has 0 saturated carbocycles. The molecule has 2 aliphatic heterocycles. The molecule has 0 spiro atoms. The van der Waals surface area contributed by atoms with Crippen molar-refractivity contribution in [1.82, 2.24) is 20.5 Å². The number of esters is 1. The highest BCUT2D eigenvalue weighted by Gasteiger charge is 2.29. The van der Waals surface area contributed by atoms with Crippen LogP contribution in [0, 0.1) is 11.3 Å². The van der Waals surface area contributed by atoms with E-state index in [1.54, 1.807) is 49.4 Å². The standard InChI is InChI=1S/C32H39N7O5/c1-4-27(26-20-34-10-11-35-26)44-29-17-25-23(16-28(29)42-3)30(24(19-36-25)31(40)43-5-2)38-12-14-39(15-13-38)32(41)37-22-8-6-21(18-33)7-9-22/h6-9,16-17,19,26-27,34-35H,4-5,10-15,20H2,1-3H3,(H,37,41). The summed E-state index contributed by atoms with van der Waals surface area (Å²) < 4.78 is 17.7. The Bertz CT molecular complexity index is 1510. The summed E-state index contributed by atoms with van der Waals surface area (Å²) in [4.78, 5) is 34.6. The monoisotopic (exact) mass is 601 g/mol. The van der Waals surface area contributed by atoms with Crippen LogP contribution in [0.4, 0.5) is 16.2 Å². The third kappa shape index (κ3) is 6.79. The van der Waals surface area contributed by atoms with Gasteiger partial charge in [0.15, 0.2) is 11.5 Å². The minimum atomic E-state index is -0.459. The average Bonchev–Trinajstić information content (AvgIpc) is 3.07. The van der Waals surface area contributed by atoms with Crippen LogP contribution in [0.2, 0.25) is 0 Å². The van der Waals surface area contributed by atoms with Gasteiger partial charge < -0.3 is 40.0 Å². The molecule has 232 valence electrons. The molecule has 0 bridgehead atoms. The molecule has 3 aromatic rings. The lowest BCUT2D eigenvalue weighted by molar-refractivity contribution is 0.0526. The van der Waals surface area contributed by atoms with Crippen LogP contribution in [0.3, 0.4) is 0 Å². The van der Waals surface area contributed by atoms with E-state index in [9.17, 15) is 9.59 Å². The summed E-state index contributed by atoms with van der Waals surface area (Å²) in [6, 6.07) is 12.5. The predicted molar refractivity (Wildman–Crippen MR) is 168 cm³/mol. The number of nitriles is 1. The molecule has 2 aliphatic rings. The van der Waals surface area contributed by atoms with Crippen LogP contribution in [0.15, 0.2) is 42.6 Å². The molecule has 3 heterocycles. The molecule has 2 atom stereocenters. The number of pyridine rings is 1. The molecule has 2 saturated heterocycles. The van der Waals surface area contributed by atoms with E-state index in [4.69, 9.17) is 19.5 Å². The van der Waals surface area contributed by atoms with Gasteiger partial charge in [0.25, 0.3) is 0 Å². The Balaban J connectivity index is 1.40. The Morgan fingerprint density at radius 1 is 1.11 bits per heavy atom. The largest absolute Gasteiger partial charge is 0.493 e. The van der Waals surface area contributed by atoms with E-state index in [0.717, 1.165) is 31.4 Å². The number of piperazine rings is 2. The highest BCUT2D eigenvalue weighted by atomic mass is 16.5. The van der Waals surface area contributed by atoms with Crippen molar-refractivity contribution in [2.75, 3.05) is 69.7 Å². The normalized spacial score (nSPS) is 17.5. The number of hydrogen-bond acceptors (Lipinski definition) is 10. The SMILES string of the molecule is CCOC(=O)c1cnc2cc(OC(CC)C3CNCCN3)c(OC)cc2c1N1CCN(C(=O)Nc2ccc(C#N)cc2)CC1. The summed E-state index contributed by atoms with van der Waals surface area (Å²) in [7, 11) is 1.60. The van der Waals surface area contributed by atoms with Crippen molar-refractivity contribution in [3.8, 4) is 17.6 Å². The third-order valence-corrected chi connectivity index (χ3v) is 7.97. The first kappa shape index (κ1) is 30.8. The lowest BCUT2D eigenvalue weighted by Gasteiger charge is -2.37. The first-order valence-corrected chi connectivity index (χ1v) is 15.0. The Labute approximate surface area is 257 Å². The molecule has 5 rings (SSSR count). The van der Waals surface area contributed by atoms with E-state index in [1.165, 1.54) is 0 Å². The van der Waals surface area contributed by atoms with Crippen molar-refractivity contribution in [2.24, 2.45) is 0 Å². The molecule has 0 radical (unpaired) electrons. The number of methoxy groups -OCH3 is 1. The van der Waals surface area contributed by atoms with Gasteiger partial charge in [0.05, 0.1) is 42.6 Å². The lowest BCUT2D eigenvalue weighted by Crippen LogP contribution is -2.55. The zero-order valence-electron chi connectivity index (χ0n) is 25.4. The van der Waals surface area contributed by atoms with Crippen molar-refractivity contribution in [3.05, 3.63) is 53.7 Å².